The molecule has 0 aliphatic carbocycles. The minimum Gasteiger partial charge on any atom is -0.293 e. The van der Waals surface area contributed by atoms with E-state index in [0.29, 0.717) is 0 Å². The van der Waals surface area contributed by atoms with E-state index >= 15 is 0 Å². The van der Waals surface area contributed by atoms with E-state index in [1.807, 2.05) is 0 Å². The van der Waals surface area contributed by atoms with Crippen molar-refractivity contribution >= 4 is 37.6 Å². The van der Waals surface area contributed by atoms with Gasteiger partial charge in [0.05, 0.1) is 10.9 Å². The lowest BCUT2D eigenvalue weighted by Crippen LogP contribution is -2.09. The lowest BCUT2D eigenvalue weighted by molar-refractivity contribution is -0.138. The summed E-state index contributed by atoms with van der Waals surface area (Å²) in [7, 11) is 0. The molecule has 15 heavy (non-hydrogen) atoms. The first-order valence-corrected chi connectivity index (χ1v) is 5.73. The molecule has 0 saturated carbocycles. The minimum absolute atomic E-state index is 0.00588. The van der Waals surface area contributed by atoms with Crippen LogP contribution in [0.4, 0.5) is 13.2 Å². The lowest BCUT2D eigenvalue weighted by Gasteiger charge is -2.10. The highest BCUT2D eigenvalue weighted by Crippen LogP contribution is 2.35. The SMILES string of the molecule is O=C(CBr)c1ccc(Br)c(C(F)(F)F)c1. The molecule has 1 rings (SSSR count). The van der Waals surface area contributed by atoms with Gasteiger partial charge in [0, 0.05) is 10.0 Å². The third-order valence-electron chi connectivity index (χ3n) is 1.72. The number of carbonyl (C=O) groups is 1. The highest BCUT2D eigenvalue weighted by molar-refractivity contribution is 9.10. The van der Waals surface area contributed by atoms with Crippen molar-refractivity contribution in [3.05, 3.63) is 33.8 Å². The van der Waals surface area contributed by atoms with Crippen molar-refractivity contribution in [2.75, 3.05) is 5.33 Å². The van der Waals surface area contributed by atoms with E-state index in [4.69, 9.17) is 0 Å². The molecule has 0 fully saturated rings. The van der Waals surface area contributed by atoms with Gasteiger partial charge in [0.1, 0.15) is 0 Å². The van der Waals surface area contributed by atoms with Crippen LogP contribution in [0, 0.1) is 0 Å². The quantitative estimate of drug-likeness (QED) is 0.584. The maximum absolute atomic E-state index is 12.4. The molecular formula is C9H5Br2F3O. The molecule has 0 aromatic heterocycles. The summed E-state index contributed by atoms with van der Waals surface area (Å²) >= 11 is 5.70. The van der Waals surface area contributed by atoms with Crippen molar-refractivity contribution in [2.45, 2.75) is 6.18 Å². The van der Waals surface area contributed by atoms with Gasteiger partial charge in [-0.3, -0.25) is 4.79 Å². The molecule has 1 aromatic carbocycles. The Morgan fingerprint density at radius 1 is 1.33 bits per heavy atom. The molecular weight excluding hydrogens is 341 g/mol. The number of halogens is 5. The Hall–Kier alpha value is -0.360. The molecule has 0 bridgehead atoms. The van der Waals surface area contributed by atoms with Crippen LogP contribution >= 0.6 is 31.9 Å². The molecule has 0 unspecified atom stereocenters. The number of alkyl halides is 4. The van der Waals surface area contributed by atoms with Crippen molar-refractivity contribution < 1.29 is 18.0 Å². The molecule has 1 nitrogen and oxygen atoms in total. The Labute approximate surface area is 101 Å². The first kappa shape index (κ1) is 12.7. The summed E-state index contributed by atoms with van der Waals surface area (Å²) in [6.07, 6.45) is -4.46. The van der Waals surface area contributed by atoms with Gasteiger partial charge in [-0.1, -0.05) is 37.9 Å². The number of rotatable bonds is 2. The lowest BCUT2D eigenvalue weighted by atomic mass is 10.1. The van der Waals surface area contributed by atoms with Gasteiger partial charge < -0.3 is 0 Å². The van der Waals surface area contributed by atoms with Gasteiger partial charge in [-0.15, -0.1) is 0 Å². The number of hydrogen-bond donors (Lipinski definition) is 0. The fourth-order valence-electron chi connectivity index (χ4n) is 0.993. The summed E-state index contributed by atoms with van der Waals surface area (Å²) < 4.78 is 37.3. The molecule has 0 radical (unpaired) electrons. The van der Waals surface area contributed by atoms with Crippen LogP contribution in [0.15, 0.2) is 22.7 Å². The van der Waals surface area contributed by atoms with Crippen molar-refractivity contribution in [2.24, 2.45) is 0 Å². The smallest absolute Gasteiger partial charge is 0.293 e. The summed E-state index contributed by atoms with van der Waals surface area (Å²) in [4.78, 5) is 11.2. The number of ketones is 1. The minimum atomic E-state index is -4.46. The third-order valence-corrected chi connectivity index (χ3v) is 2.92. The number of carbonyl (C=O) groups excluding carboxylic acids is 1. The fourth-order valence-corrected chi connectivity index (χ4v) is 1.79. The van der Waals surface area contributed by atoms with Gasteiger partial charge in [-0.2, -0.15) is 13.2 Å². The van der Waals surface area contributed by atoms with E-state index in [9.17, 15) is 18.0 Å². The summed E-state index contributed by atoms with van der Waals surface area (Å²) in [6.45, 7) is 0. The van der Waals surface area contributed by atoms with Crippen LogP contribution in [0.5, 0.6) is 0 Å². The molecule has 1 aromatic rings. The van der Waals surface area contributed by atoms with E-state index in [2.05, 4.69) is 31.9 Å². The normalized spacial score (nSPS) is 11.5. The average molecular weight is 346 g/mol. The van der Waals surface area contributed by atoms with Crippen molar-refractivity contribution in [1.82, 2.24) is 0 Å². The van der Waals surface area contributed by atoms with Crippen molar-refractivity contribution in [3.8, 4) is 0 Å². The average Bonchev–Trinajstić information content (AvgIpc) is 2.15. The van der Waals surface area contributed by atoms with Crippen LogP contribution < -0.4 is 0 Å². The van der Waals surface area contributed by atoms with Crippen LogP contribution in [0.25, 0.3) is 0 Å². The Kier molecular flexibility index (Phi) is 3.94. The predicted octanol–water partition coefficient (Wildman–Crippen LogP) is 4.05. The molecule has 82 valence electrons. The second kappa shape index (κ2) is 4.65. The van der Waals surface area contributed by atoms with Crippen LogP contribution in [0.1, 0.15) is 15.9 Å². The van der Waals surface area contributed by atoms with Crippen molar-refractivity contribution in [1.29, 1.82) is 0 Å². The predicted molar refractivity (Wildman–Crippen MR) is 57.3 cm³/mol. The molecule has 0 amide bonds. The maximum Gasteiger partial charge on any atom is 0.417 e. The third kappa shape index (κ3) is 3.04. The highest BCUT2D eigenvalue weighted by Gasteiger charge is 2.33. The number of Topliss-reactive ketones (excluding diaryl/α,β-unsaturated/α-hetero) is 1. The van der Waals surface area contributed by atoms with E-state index in [0.717, 1.165) is 6.07 Å². The first-order valence-electron chi connectivity index (χ1n) is 3.82. The molecule has 6 heteroatoms. The monoisotopic (exact) mass is 344 g/mol. The van der Waals surface area contributed by atoms with Crippen LogP contribution in [-0.4, -0.2) is 11.1 Å². The van der Waals surface area contributed by atoms with Crippen LogP contribution in [0.3, 0.4) is 0 Å². The van der Waals surface area contributed by atoms with Gasteiger partial charge in [0.15, 0.2) is 5.78 Å². The zero-order valence-corrected chi connectivity index (χ0v) is 10.4. The van der Waals surface area contributed by atoms with Gasteiger partial charge in [0.2, 0.25) is 0 Å². The van der Waals surface area contributed by atoms with Crippen LogP contribution in [0.2, 0.25) is 0 Å². The van der Waals surface area contributed by atoms with Crippen molar-refractivity contribution in [3.63, 3.8) is 0 Å². The molecule has 0 spiro atoms. The first-order chi connectivity index (χ1) is 6.86. The Bertz CT molecular complexity index is 387. The summed E-state index contributed by atoms with van der Waals surface area (Å²) in [6, 6.07) is 3.41. The van der Waals surface area contributed by atoms with Gasteiger partial charge in [-0.25, -0.2) is 0 Å². The Morgan fingerprint density at radius 3 is 2.40 bits per heavy atom. The van der Waals surface area contributed by atoms with E-state index in [-0.39, 0.29) is 21.1 Å². The molecule has 0 atom stereocenters. The van der Waals surface area contributed by atoms with Gasteiger partial charge in [-0.05, 0) is 12.1 Å². The zero-order valence-electron chi connectivity index (χ0n) is 7.24. The second-order valence-corrected chi connectivity index (χ2v) is 4.16. The van der Waals surface area contributed by atoms with E-state index < -0.39 is 11.7 Å². The summed E-state index contributed by atoms with van der Waals surface area (Å²) in [5.41, 5.74) is -0.795. The summed E-state index contributed by atoms with van der Waals surface area (Å²) in [5.74, 6) is -0.381. The molecule has 0 aliphatic rings. The molecule has 0 aliphatic heterocycles. The Morgan fingerprint density at radius 2 is 1.93 bits per heavy atom. The number of benzene rings is 1. The topological polar surface area (TPSA) is 17.1 Å². The van der Waals surface area contributed by atoms with Crippen LogP contribution in [-0.2, 0) is 6.18 Å². The zero-order chi connectivity index (χ0) is 11.6. The highest BCUT2D eigenvalue weighted by atomic mass is 79.9. The standard InChI is InChI=1S/C9H5Br2F3O/c10-4-8(15)5-1-2-7(11)6(3-5)9(12,13)14/h1-3H,4H2. The second-order valence-electron chi connectivity index (χ2n) is 2.75. The van der Waals surface area contributed by atoms with Gasteiger partial charge >= 0.3 is 6.18 Å². The maximum atomic E-state index is 12.4. The van der Waals surface area contributed by atoms with E-state index in [1.165, 1.54) is 12.1 Å². The largest absolute Gasteiger partial charge is 0.417 e. The van der Waals surface area contributed by atoms with Gasteiger partial charge in [0.25, 0.3) is 0 Å². The van der Waals surface area contributed by atoms with E-state index in [1.54, 1.807) is 0 Å². The molecule has 0 N–H and O–H groups in total. The fraction of sp³-hybridized carbons (Fsp3) is 0.222. The molecule has 0 saturated heterocycles. The summed E-state index contributed by atoms with van der Waals surface area (Å²) in [5, 5.41) is 0.00588. The number of hydrogen-bond acceptors (Lipinski definition) is 1. The molecule has 0 heterocycles. The Balaban J connectivity index is 3.23.